The molecule has 0 rings (SSSR count). The molecule has 12 heavy (non-hydrogen) atoms. The molecule has 0 spiro atoms. The predicted molar refractivity (Wildman–Crippen MR) is 48.8 cm³/mol. The van der Waals surface area contributed by atoms with Gasteiger partial charge in [0.15, 0.2) is 0 Å². The Morgan fingerprint density at radius 1 is 1.42 bits per heavy atom. The van der Waals surface area contributed by atoms with Gasteiger partial charge >= 0.3 is 0 Å². The van der Waals surface area contributed by atoms with E-state index < -0.39 is 0 Å². The van der Waals surface area contributed by atoms with Gasteiger partial charge in [0.05, 0.1) is 6.07 Å². The Kier molecular flexibility index (Phi) is 8.09. The van der Waals surface area contributed by atoms with E-state index in [0.717, 1.165) is 32.7 Å². The van der Waals surface area contributed by atoms with Gasteiger partial charge in [0.2, 0.25) is 0 Å². The third kappa shape index (κ3) is 7.52. The number of ether oxygens (including phenoxy) is 1. The summed E-state index contributed by atoms with van der Waals surface area (Å²) in [5.74, 6) is 0. The highest BCUT2D eigenvalue weighted by Gasteiger charge is 1.96. The van der Waals surface area contributed by atoms with Crippen LogP contribution >= 0.6 is 0 Å². The van der Waals surface area contributed by atoms with Crippen molar-refractivity contribution < 1.29 is 4.74 Å². The van der Waals surface area contributed by atoms with E-state index in [9.17, 15) is 0 Å². The molecule has 0 radical (unpaired) electrons. The molecule has 70 valence electrons. The van der Waals surface area contributed by atoms with Crippen LogP contribution in [0.5, 0.6) is 0 Å². The Balaban J connectivity index is 3.09. The number of rotatable bonds is 7. The summed E-state index contributed by atoms with van der Waals surface area (Å²) in [6.07, 6.45) is 1.67. The third-order valence-electron chi connectivity index (χ3n) is 1.64. The number of hydrogen-bond acceptors (Lipinski definition) is 3. The van der Waals surface area contributed by atoms with Gasteiger partial charge in [-0.05, 0) is 20.4 Å². The Bertz CT molecular complexity index is 131. The second-order valence-electron chi connectivity index (χ2n) is 2.76. The van der Waals surface area contributed by atoms with E-state index >= 15 is 0 Å². The van der Waals surface area contributed by atoms with E-state index in [1.54, 1.807) is 0 Å². The summed E-state index contributed by atoms with van der Waals surface area (Å²) in [5.41, 5.74) is 0. The fraction of sp³-hybridized carbons (Fsp3) is 0.889. The highest BCUT2D eigenvalue weighted by Crippen LogP contribution is 1.90. The second kappa shape index (κ2) is 8.51. The predicted octanol–water partition coefficient (Wildman–Crippen LogP) is 1.26. The lowest BCUT2D eigenvalue weighted by molar-refractivity contribution is 0.136. The van der Waals surface area contributed by atoms with Gasteiger partial charge in [0.25, 0.3) is 0 Å². The van der Waals surface area contributed by atoms with E-state index in [4.69, 9.17) is 10.00 Å². The zero-order chi connectivity index (χ0) is 9.23. The molecule has 0 aliphatic rings. The van der Waals surface area contributed by atoms with Crippen molar-refractivity contribution in [3.05, 3.63) is 0 Å². The summed E-state index contributed by atoms with van der Waals surface area (Å²) in [6.45, 7) is 5.50. The minimum absolute atomic E-state index is 0.616. The standard InChI is InChI=1S/C9H18N2O/c1-3-12-9-5-8-11(2)7-4-6-10/h3-5,7-9H2,1-2H3. The van der Waals surface area contributed by atoms with Gasteiger partial charge in [0, 0.05) is 32.7 Å². The molecule has 0 bridgehead atoms. The topological polar surface area (TPSA) is 36.3 Å². The van der Waals surface area contributed by atoms with Gasteiger partial charge in [-0.2, -0.15) is 5.26 Å². The Morgan fingerprint density at radius 3 is 2.75 bits per heavy atom. The molecule has 3 nitrogen and oxygen atoms in total. The lowest BCUT2D eigenvalue weighted by Crippen LogP contribution is -2.21. The van der Waals surface area contributed by atoms with Crippen LogP contribution in [-0.4, -0.2) is 38.3 Å². The van der Waals surface area contributed by atoms with Gasteiger partial charge in [0.1, 0.15) is 0 Å². The third-order valence-corrected chi connectivity index (χ3v) is 1.64. The minimum atomic E-state index is 0.616. The molecule has 0 aromatic rings. The van der Waals surface area contributed by atoms with Crippen LogP contribution in [0.25, 0.3) is 0 Å². The minimum Gasteiger partial charge on any atom is -0.382 e. The molecule has 0 heterocycles. The van der Waals surface area contributed by atoms with Crippen LogP contribution in [-0.2, 0) is 4.74 Å². The van der Waals surface area contributed by atoms with Crippen LogP contribution in [0.2, 0.25) is 0 Å². The molecule has 0 fully saturated rings. The summed E-state index contributed by atoms with van der Waals surface area (Å²) in [7, 11) is 2.03. The first-order valence-electron chi connectivity index (χ1n) is 4.44. The SMILES string of the molecule is CCOCCCN(C)CCC#N. The van der Waals surface area contributed by atoms with Crippen molar-refractivity contribution >= 4 is 0 Å². The van der Waals surface area contributed by atoms with Crippen molar-refractivity contribution in [1.29, 1.82) is 5.26 Å². The van der Waals surface area contributed by atoms with E-state index in [-0.39, 0.29) is 0 Å². The van der Waals surface area contributed by atoms with Gasteiger partial charge in [-0.1, -0.05) is 0 Å². The summed E-state index contributed by atoms with van der Waals surface area (Å²) < 4.78 is 5.20. The summed E-state index contributed by atoms with van der Waals surface area (Å²) in [5, 5.41) is 8.32. The van der Waals surface area contributed by atoms with Gasteiger partial charge in [-0.25, -0.2) is 0 Å². The van der Waals surface area contributed by atoms with Crippen LogP contribution in [0.1, 0.15) is 19.8 Å². The van der Waals surface area contributed by atoms with Crippen molar-refractivity contribution in [3.8, 4) is 6.07 Å². The molecule has 0 aromatic heterocycles. The molecular weight excluding hydrogens is 152 g/mol. The summed E-state index contributed by atoms with van der Waals surface area (Å²) >= 11 is 0. The largest absolute Gasteiger partial charge is 0.382 e. The molecular formula is C9H18N2O. The van der Waals surface area contributed by atoms with E-state index in [2.05, 4.69) is 11.0 Å². The maximum Gasteiger partial charge on any atom is 0.0635 e. The molecule has 0 saturated carbocycles. The van der Waals surface area contributed by atoms with E-state index in [1.165, 1.54) is 0 Å². The second-order valence-corrected chi connectivity index (χ2v) is 2.76. The van der Waals surface area contributed by atoms with Crippen LogP contribution < -0.4 is 0 Å². The van der Waals surface area contributed by atoms with Crippen molar-refractivity contribution in [2.75, 3.05) is 33.4 Å². The van der Waals surface area contributed by atoms with Crippen molar-refractivity contribution in [3.63, 3.8) is 0 Å². The lowest BCUT2D eigenvalue weighted by atomic mass is 10.4. The molecule has 0 atom stereocenters. The summed E-state index contributed by atoms with van der Waals surface area (Å²) in [6, 6.07) is 2.13. The first kappa shape index (κ1) is 11.4. The molecule has 0 aliphatic heterocycles. The Hall–Kier alpha value is -0.590. The zero-order valence-electron chi connectivity index (χ0n) is 8.05. The smallest absolute Gasteiger partial charge is 0.0635 e. The highest BCUT2D eigenvalue weighted by molar-refractivity contribution is 4.70. The molecule has 0 aliphatic carbocycles. The Morgan fingerprint density at radius 2 is 2.17 bits per heavy atom. The van der Waals surface area contributed by atoms with Crippen molar-refractivity contribution in [2.45, 2.75) is 19.8 Å². The average Bonchev–Trinajstić information content (AvgIpc) is 2.09. The maximum atomic E-state index is 8.32. The zero-order valence-corrected chi connectivity index (χ0v) is 8.05. The summed E-state index contributed by atoms with van der Waals surface area (Å²) in [4.78, 5) is 2.16. The van der Waals surface area contributed by atoms with Crippen LogP contribution in [0.15, 0.2) is 0 Å². The number of hydrogen-bond donors (Lipinski definition) is 0. The van der Waals surface area contributed by atoms with Gasteiger partial charge in [-0.3, -0.25) is 0 Å². The highest BCUT2D eigenvalue weighted by atomic mass is 16.5. The quantitative estimate of drug-likeness (QED) is 0.540. The number of nitriles is 1. The first-order valence-corrected chi connectivity index (χ1v) is 4.44. The maximum absolute atomic E-state index is 8.32. The van der Waals surface area contributed by atoms with E-state index in [1.807, 2.05) is 14.0 Å². The fourth-order valence-electron chi connectivity index (χ4n) is 0.934. The molecule has 0 unspecified atom stereocenters. The fourth-order valence-corrected chi connectivity index (χ4v) is 0.934. The van der Waals surface area contributed by atoms with Crippen LogP contribution in [0, 0.1) is 11.3 Å². The molecule has 3 heteroatoms. The average molecular weight is 170 g/mol. The number of nitrogens with zero attached hydrogens (tertiary/aromatic N) is 2. The van der Waals surface area contributed by atoms with Crippen LogP contribution in [0.3, 0.4) is 0 Å². The molecule has 0 saturated heterocycles. The van der Waals surface area contributed by atoms with E-state index in [0.29, 0.717) is 6.42 Å². The monoisotopic (exact) mass is 170 g/mol. The molecule has 0 N–H and O–H groups in total. The Labute approximate surface area is 74.9 Å². The normalized spacial score (nSPS) is 10.2. The van der Waals surface area contributed by atoms with Crippen molar-refractivity contribution in [2.24, 2.45) is 0 Å². The molecule has 0 amide bonds. The lowest BCUT2D eigenvalue weighted by Gasteiger charge is -2.13. The molecule has 0 aromatic carbocycles. The first-order chi connectivity index (χ1) is 5.81. The van der Waals surface area contributed by atoms with Gasteiger partial charge in [-0.15, -0.1) is 0 Å². The van der Waals surface area contributed by atoms with Crippen molar-refractivity contribution in [1.82, 2.24) is 4.90 Å². The van der Waals surface area contributed by atoms with Crippen LogP contribution in [0.4, 0.5) is 0 Å². The van der Waals surface area contributed by atoms with Gasteiger partial charge < -0.3 is 9.64 Å².